The summed E-state index contributed by atoms with van der Waals surface area (Å²) in [6.07, 6.45) is 2.96. The number of carboxylic acid groups (broad SMARTS) is 1. The van der Waals surface area contributed by atoms with Gasteiger partial charge in [-0.25, -0.2) is 4.79 Å². The highest BCUT2D eigenvalue weighted by Gasteiger charge is 2.32. The Hall–Kier alpha value is -2.93. The van der Waals surface area contributed by atoms with E-state index in [9.17, 15) is 24.3 Å². The molecule has 5 atom stereocenters. The second-order valence-electron chi connectivity index (χ2n) is 9.80. The van der Waals surface area contributed by atoms with Gasteiger partial charge in [0.1, 0.15) is 18.1 Å². The largest absolute Gasteiger partial charge is 0.480 e. The SMILES string of the molecule is CCC(C)C(NC(=O)C(CCCN=C(N)N)NC(=O)C(N)CC(C)C)C(=O)NC(CCCCN)C(=O)O. The summed E-state index contributed by atoms with van der Waals surface area (Å²) in [5.41, 5.74) is 22.2. The standard InChI is InChI=1S/C24H48N8O5/c1-5-15(4)19(22(35)31-18(23(36)37)9-6-7-11-25)32-21(34)17(10-8-12-29-24(27)28)30-20(33)16(26)13-14(2)3/h14-19H,5-13,25-26H2,1-4H3,(H,30,33)(H,31,35)(H,32,34)(H,36,37)(H4,27,28,29). The van der Waals surface area contributed by atoms with E-state index in [1.807, 2.05) is 20.8 Å². The lowest BCUT2D eigenvalue weighted by Crippen LogP contribution is -2.58. The number of hydrogen-bond donors (Lipinski definition) is 8. The van der Waals surface area contributed by atoms with Crippen molar-refractivity contribution in [3.05, 3.63) is 0 Å². The molecule has 214 valence electrons. The third-order valence-electron chi connectivity index (χ3n) is 6.00. The van der Waals surface area contributed by atoms with Gasteiger partial charge < -0.3 is 44.0 Å². The van der Waals surface area contributed by atoms with Crippen molar-refractivity contribution in [1.29, 1.82) is 0 Å². The van der Waals surface area contributed by atoms with Gasteiger partial charge in [-0.15, -0.1) is 0 Å². The highest BCUT2D eigenvalue weighted by Crippen LogP contribution is 2.12. The van der Waals surface area contributed by atoms with Gasteiger partial charge in [0.25, 0.3) is 0 Å². The van der Waals surface area contributed by atoms with Crippen LogP contribution in [0.2, 0.25) is 0 Å². The third-order valence-corrected chi connectivity index (χ3v) is 6.00. The average Bonchev–Trinajstić information content (AvgIpc) is 2.82. The first-order valence-electron chi connectivity index (χ1n) is 13.0. The smallest absolute Gasteiger partial charge is 0.326 e. The number of carbonyl (C=O) groups excluding carboxylic acids is 3. The predicted molar refractivity (Wildman–Crippen MR) is 143 cm³/mol. The summed E-state index contributed by atoms with van der Waals surface area (Å²) in [4.78, 5) is 54.5. The van der Waals surface area contributed by atoms with Crippen LogP contribution in [0.4, 0.5) is 0 Å². The maximum Gasteiger partial charge on any atom is 0.326 e. The second-order valence-corrected chi connectivity index (χ2v) is 9.80. The molecule has 0 aromatic carbocycles. The summed E-state index contributed by atoms with van der Waals surface area (Å²) in [5, 5.41) is 17.4. The van der Waals surface area contributed by atoms with Crippen molar-refractivity contribution in [2.45, 2.75) is 96.8 Å². The number of nitrogens with two attached hydrogens (primary N) is 4. The molecule has 0 aliphatic heterocycles. The Labute approximate surface area is 219 Å². The first kappa shape index (κ1) is 34.1. The fourth-order valence-corrected chi connectivity index (χ4v) is 3.63. The van der Waals surface area contributed by atoms with Crippen LogP contribution in [0, 0.1) is 11.8 Å². The van der Waals surface area contributed by atoms with Crippen molar-refractivity contribution in [2.24, 2.45) is 39.8 Å². The zero-order valence-corrected chi connectivity index (χ0v) is 22.7. The predicted octanol–water partition coefficient (Wildman–Crippen LogP) is -0.872. The minimum Gasteiger partial charge on any atom is -0.480 e. The number of guanidine groups is 1. The number of unbranched alkanes of at least 4 members (excludes halogenated alkanes) is 1. The molecule has 0 aliphatic rings. The molecular weight excluding hydrogens is 480 g/mol. The first-order valence-corrected chi connectivity index (χ1v) is 13.0. The summed E-state index contributed by atoms with van der Waals surface area (Å²) in [6.45, 7) is 8.16. The maximum atomic E-state index is 13.3. The molecule has 3 amide bonds. The van der Waals surface area contributed by atoms with Gasteiger partial charge in [-0.3, -0.25) is 19.4 Å². The van der Waals surface area contributed by atoms with Crippen LogP contribution in [-0.4, -0.2) is 72.0 Å². The highest BCUT2D eigenvalue weighted by molar-refractivity contribution is 5.94. The molecule has 0 heterocycles. The second kappa shape index (κ2) is 18.3. The Balaban J connectivity index is 5.62. The van der Waals surface area contributed by atoms with Crippen LogP contribution in [-0.2, 0) is 19.2 Å². The zero-order chi connectivity index (χ0) is 28.5. The lowest BCUT2D eigenvalue weighted by Gasteiger charge is -2.28. The van der Waals surface area contributed by atoms with E-state index in [2.05, 4.69) is 20.9 Å². The Kier molecular flexibility index (Phi) is 16.9. The summed E-state index contributed by atoms with van der Waals surface area (Å²) in [7, 11) is 0. The summed E-state index contributed by atoms with van der Waals surface area (Å²) in [6, 6.07) is -3.90. The van der Waals surface area contributed by atoms with Crippen LogP contribution < -0.4 is 38.9 Å². The van der Waals surface area contributed by atoms with E-state index < -0.39 is 47.9 Å². The van der Waals surface area contributed by atoms with E-state index in [4.69, 9.17) is 22.9 Å². The molecule has 13 heteroatoms. The van der Waals surface area contributed by atoms with Crippen LogP contribution in [0.1, 0.15) is 72.6 Å². The Morgan fingerprint density at radius 3 is 1.97 bits per heavy atom. The summed E-state index contributed by atoms with van der Waals surface area (Å²) in [5.74, 6) is -3.04. The maximum absolute atomic E-state index is 13.3. The molecular formula is C24H48N8O5. The van der Waals surface area contributed by atoms with Crippen molar-refractivity contribution in [1.82, 2.24) is 16.0 Å². The van der Waals surface area contributed by atoms with Crippen LogP contribution in [0.5, 0.6) is 0 Å². The Morgan fingerprint density at radius 1 is 0.865 bits per heavy atom. The van der Waals surface area contributed by atoms with Gasteiger partial charge in [0, 0.05) is 6.54 Å². The van der Waals surface area contributed by atoms with Crippen molar-refractivity contribution >= 4 is 29.7 Å². The summed E-state index contributed by atoms with van der Waals surface area (Å²) >= 11 is 0. The van der Waals surface area contributed by atoms with Crippen molar-refractivity contribution in [3.63, 3.8) is 0 Å². The molecule has 0 saturated carbocycles. The number of nitrogens with zero attached hydrogens (tertiary/aromatic N) is 1. The molecule has 12 N–H and O–H groups in total. The number of carboxylic acids is 1. The molecule has 0 radical (unpaired) electrons. The molecule has 37 heavy (non-hydrogen) atoms. The van der Waals surface area contributed by atoms with E-state index in [0.29, 0.717) is 38.6 Å². The van der Waals surface area contributed by atoms with Crippen molar-refractivity contribution in [3.8, 4) is 0 Å². The number of hydrogen-bond acceptors (Lipinski definition) is 7. The van der Waals surface area contributed by atoms with E-state index in [1.165, 1.54) is 0 Å². The molecule has 0 fully saturated rings. The highest BCUT2D eigenvalue weighted by atomic mass is 16.4. The van der Waals surface area contributed by atoms with Crippen LogP contribution >= 0.6 is 0 Å². The van der Waals surface area contributed by atoms with Crippen molar-refractivity contribution in [2.75, 3.05) is 13.1 Å². The topological polar surface area (TPSA) is 241 Å². The number of aliphatic imine (C=N–C) groups is 1. The van der Waals surface area contributed by atoms with E-state index in [-0.39, 0.29) is 37.2 Å². The molecule has 0 aliphatic carbocycles. The number of aliphatic carboxylic acids is 1. The van der Waals surface area contributed by atoms with Crippen LogP contribution in [0.25, 0.3) is 0 Å². The zero-order valence-electron chi connectivity index (χ0n) is 22.7. The van der Waals surface area contributed by atoms with E-state index >= 15 is 0 Å². The number of rotatable bonds is 19. The lowest BCUT2D eigenvalue weighted by molar-refractivity contribution is -0.143. The van der Waals surface area contributed by atoms with Gasteiger partial charge in [0.05, 0.1) is 6.04 Å². The minimum atomic E-state index is -1.16. The van der Waals surface area contributed by atoms with Gasteiger partial charge in [0.15, 0.2) is 5.96 Å². The number of amides is 3. The molecule has 13 nitrogen and oxygen atoms in total. The van der Waals surface area contributed by atoms with Gasteiger partial charge in [-0.1, -0.05) is 34.1 Å². The normalized spacial score (nSPS) is 15.1. The number of nitrogens with one attached hydrogen (secondary N) is 3. The van der Waals surface area contributed by atoms with Gasteiger partial charge in [-0.05, 0) is 56.9 Å². The van der Waals surface area contributed by atoms with E-state index in [0.717, 1.165) is 0 Å². The van der Waals surface area contributed by atoms with Crippen LogP contribution in [0.15, 0.2) is 4.99 Å². The van der Waals surface area contributed by atoms with Crippen LogP contribution in [0.3, 0.4) is 0 Å². The van der Waals surface area contributed by atoms with Gasteiger partial charge >= 0.3 is 5.97 Å². The molecule has 0 aromatic heterocycles. The fraction of sp³-hybridized carbons (Fsp3) is 0.792. The molecule has 0 aromatic rings. The molecule has 5 unspecified atom stereocenters. The van der Waals surface area contributed by atoms with Gasteiger partial charge in [-0.2, -0.15) is 0 Å². The molecule has 0 bridgehead atoms. The Bertz CT molecular complexity index is 757. The fourth-order valence-electron chi connectivity index (χ4n) is 3.63. The molecule has 0 rings (SSSR count). The lowest BCUT2D eigenvalue weighted by atomic mass is 9.96. The van der Waals surface area contributed by atoms with Gasteiger partial charge in [0.2, 0.25) is 17.7 Å². The molecule has 0 spiro atoms. The first-order chi connectivity index (χ1) is 17.3. The average molecular weight is 529 g/mol. The Morgan fingerprint density at radius 2 is 1.46 bits per heavy atom. The minimum absolute atomic E-state index is 0.0862. The summed E-state index contributed by atoms with van der Waals surface area (Å²) < 4.78 is 0. The van der Waals surface area contributed by atoms with E-state index in [1.54, 1.807) is 6.92 Å². The van der Waals surface area contributed by atoms with Crippen molar-refractivity contribution < 1.29 is 24.3 Å². The number of carbonyl (C=O) groups is 4. The molecule has 0 saturated heterocycles. The monoisotopic (exact) mass is 528 g/mol. The quantitative estimate of drug-likeness (QED) is 0.0589. The third kappa shape index (κ3) is 14.4.